The Morgan fingerprint density at radius 1 is 1.33 bits per heavy atom. The fourth-order valence-corrected chi connectivity index (χ4v) is 6.16. The molecule has 0 aliphatic carbocycles. The molecule has 2 aromatic heterocycles. The van der Waals surface area contributed by atoms with Crippen molar-refractivity contribution in [3.8, 4) is 0 Å². The maximum absolute atomic E-state index is 13.2. The smallest absolute Gasteiger partial charge is 0.263 e. The molecule has 5 heterocycles. The van der Waals surface area contributed by atoms with E-state index in [-0.39, 0.29) is 36.3 Å². The summed E-state index contributed by atoms with van der Waals surface area (Å²) in [6.45, 7) is 4.46. The van der Waals surface area contributed by atoms with Crippen molar-refractivity contribution in [2.45, 2.75) is 37.7 Å². The molecule has 0 radical (unpaired) electrons. The van der Waals surface area contributed by atoms with E-state index in [4.69, 9.17) is 4.74 Å². The fourth-order valence-electron chi connectivity index (χ4n) is 4.96. The van der Waals surface area contributed by atoms with Crippen molar-refractivity contribution in [1.82, 2.24) is 15.2 Å². The van der Waals surface area contributed by atoms with Crippen LogP contribution in [0.5, 0.6) is 0 Å². The quantitative estimate of drug-likeness (QED) is 0.741. The lowest BCUT2D eigenvalue weighted by Gasteiger charge is -2.40. The van der Waals surface area contributed by atoms with Crippen LogP contribution < -0.4 is 5.32 Å². The van der Waals surface area contributed by atoms with Crippen molar-refractivity contribution >= 4 is 42.1 Å². The molecule has 2 fully saturated rings. The highest BCUT2D eigenvalue weighted by atomic mass is 35.5. The highest BCUT2D eigenvalue weighted by molar-refractivity contribution is 7.14. The van der Waals surface area contributed by atoms with Crippen LogP contribution in [0.3, 0.4) is 0 Å². The Morgan fingerprint density at radius 3 is 2.93 bits per heavy atom. The molecule has 164 valence electrons. The molecule has 0 aromatic carbocycles. The molecule has 1 atom stereocenters. The summed E-state index contributed by atoms with van der Waals surface area (Å²) in [7, 11) is 0. The molecule has 5 rings (SSSR count). The van der Waals surface area contributed by atoms with Gasteiger partial charge in [-0.3, -0.25) is 9.78 Å². The number of ether oxygens (including phenoxy) is 1. The second-order valence-electron chi connectivity index (χ2n) is 8.26. The van der Waals surface area contributed by atoms with Gasteiger partial charge in [0, 0.05) is 36.8 Å². The minimum atomic E-state index is -0.165. The molecule has 2 saturated heterocycles. The third-order valence-electron chi connectivity index (χ3n) is 6.45. The Hall–Kier alpha value is -1.18. The number of aromatic nitrogens is 1. The molecule has 1 amide bonds. The van der Waals surface area contributed by atoms with Crippen LogP contribution in [0.4, 0.5) is 0 Å². The number of hydrogen-bond donors (Lipinski definition) is 1. The zero-order valence-electron chi connectivity index (χ0n) is 17.0. The van der Waals surface area contributed by atoms with E-state index in [1.165, 1.54) is 16.0 Å². The Kier molecular flexibility index (Phi) is 7.80. The number of carbonyl (C=O) groups excluding carboxylic acids is 1. The first kappa shape index (κ1) is 23.5. The minimum Gasteiger partial charge on any atom is -0.370 e. The van der Waals surface area contributed by atoms with E-state index in [1.807, 2.05) is 23.4 Å². The molecule has 1 N–H and O–H groups in total. The van der Waals surface area contributed by atoms with Gasteiger partial charge in [0.2, 0.25) is 0 Å². The van der Waals surface area contributed by atoms with E-state index >= 15 is 0 Å². The van der Waals surface area contributed by atoms with Crippen molar-refractivity contribution in [3.63, 3.8) is 0 Å². The SMILES string of the molecule is Cl.Cl.O=C(c1cc2c(s1)CCOC21CCNCC1)N1CCC(Cc2cccnc2)C1. The number of thiophene rings is 1. The Bertz CT molecular complexity index is 855. The fraction of sp³-hybridized carbons (Fsp3) is 0.545. The standard InChI is InChI=1S/C22H27N3O2S.2ClH/c26-21(25-10-3-17(15-25)12-16-2-1-7-24-14-16)20-13-18-19(28-20)4-11-27-22(18)5-8-23-9-6-22;;/h1-2,7,13-14,17,23H,3-6,8-12,15H2;2*1H. The number of nitrogens with one attached hydrogen (secondary N) is 1. The third kappa shape index (κ3) is 4.53. The molecule has 3 aliphatic rings. The lowest BCUT2D eigenvalue weighted by atomic mass is 9.83. The van der Waals surface area contributed by atoms with E-state index in [2.05, 4.69) is 22.4 Å². The van der Waals surface area contributed by atoms with E-state index in [9.17, 15) is 4.79 Å². The predicted molar refractivity (Wildman–Crippen MR) is 124 cm³/mol. The summed E-state index contributed by atoms with van der Waals surface area (Å²) in [5.74, 6) is 0.735. The summed E-state index contributed by atoms with van der Waals surface area (Å²) in [6, 6.07) is 6.27. The maximum atomic E-state index is 13.2. The number of nitrogens with zero attached hydrogens (tertiary/aromatic N) is 2. The van der Waals surface area contributed by atoms with Gasteiger partial charge in [-0.05, 0) is 68.0 Å². The summed E-state index contributed by atoms with van der Waals surface area (Å²) in [6.07, 6.45) is 8.77. The van der Waals surface area contributed by atoms with E-state index in [0.717, 1.165) is 69.8 Å². The molecular weight excluding hydrogens is 441 g/mol. The second-order valence-corrected chi connectivity index (χ2v) is 9.40. The van der Waals surface area contributed by atoms with Gasteiger partial charge in [0.05, 0.1) is 17.1 Å². The Labute approximate surface area is 194 Å². The normalized spacial score (nSPS) is 22.1. The second kappa shape index (κ2) is 9.96. The van der Waals surface area contributed by atoms with Gasteiger partial charge in [0.15, 0.2) is 0 Å². The number of carbonyl (C=O) groups is 1. The monoisotopic (exact) mass is 469 g/mol. The van der Waals surface area contributed by atoms with Crippen LogP contribution in [-0.4, -0.2) is 48.6 Å². The zero-order chi connectivity index (χ0) is 19.0. The Balaban J connectivity index is 0.00000128. The van der Waals surface area contributed by atoms with Crippen LogP contribution in [0.1, 0.15) is 44.9 Å². The number of halogens is 2. The molecule has 1 unspecified atom stereocenters. The van der Waals surface area contributed by atoms with Crippen molar-refractivity contribution in [3.05, 3.63) is 51.5 Å². The molecular formula is C22H29Cl2N3O2S. The number of piperidine rings is 1. The van der Waals surface area contributed by atoms with Gasteiger partial charge in [-0.2, -0.15) is 0 Å². The van der Waals surface area contributed by atoms with Crippen molar-refractivity contribution < 1.29 is 9.53 Å². The number of hydrogen-bond acceptors (Lipinski definition) is 5. The first-order chi connectivity index (χ1) is 13.7. The average Bonchev–Trinajstić information content (AvgIpc) is 3.37. The summed E-state index contributed by atoms with van der Waals surface area (Å²) >= 11 is 1.70. The van der Waals surface area contributed by atoms with Gasteiger partial charge < -0.3 is 15.0 Å². The van der Waals surface area contributed by atoms with E-state index in [1.54, 1.807) is 11.3 Å². The molecule has 8 heteroatoms. The van der Waals surface area contributed by atoms with Crippen LogP contribution in [0.25, 0.3) is 0 Å². The van der Waals surface area contributed by atoms with Crippen molar-refractivity contribution in [1.29, 1.82) is 0 Å². The van der Waals surface area contributed by atoms with E-state index in [0.29, 0.717) is 5.92 Å². The van der Waals surface area contributed by atoms with Crippen LogP contribution in [-0.2, 0) is 23.2 Å². The molecule has 5 nitrogen and oxygen atoms in total. The van der Waals surface area contributed by atoms with Crippen LogP contribution in [0.15, 0.2) is 30.6 Å². The minimum absolute atomic E-state index is 0. The summed E-state index contributed by atoms with van der Waals surface area (Å²) in [5.41, 5.74) is 2.39. The van der Waals surface area contributed by atoms with Crippen LogP contribution in [0, 0.1) is 5.92 Å². The highest BCUT2D eigenvalue weighted by Gasteiger charge is 2.41. The molecule has 3 aliphatic heterocycles. The summed E-state index contributed by atoms with van der Waals surface area (Å²) in [4.78, 5) is 21.7. The number of likely N-dealkylation sites (tertiary alicyclic amines) is 1. The van der Waals surface area contributed by atoms with Crippen LogP contribution >= 0.6 is 36.2 Å². The Morgan fingerprint density at radius 2 is 2.17 bits per heavy atom. The molecule has 0 bridgehead atoms. The lowest BCUT2D eigenvalue weighted by Crippen LogP contribution is -2.44. The summed E-state index contributed by atoms with van der Waals surface area (Å²) < 4.78 is 6.27. The largest absolute Gasteiger partial charge is 0.370 e. The number of fused-ring (bicyclic) bond motifs is 2. The highest BCUT2D eigenvalue weighted by Crippen LogP contribution is 2.43. The van der Waals surface area contributed by atoms with Crippen molar-refractivity contribution in [2.75, 3.05) is 32.8 Å². The first-order valence-corrected chi connectivity index (χ1v) is 11.2. The van der Waals surface area contributed by atoms with Gasteiger partial charge in [-0.1, -0.05) is 6.07 Å². The van der Waals surface area contributed by atoms with Crippen molar-refractivity contribution in [2.24, 2.45) is 5.92 Å². The maximum Gasteiger partial charge on any atom is 0.263 e. The predicted octanol–water partition coefficient (Wildman–Crippen LogP) is 3.84. The topological polar surface area (TPSA) is 54.5 Å². The first-order valence-electron chi connectivity index (χ1n) is 10.4. The number of rotatable bonds is 3. The van der Waals surface area contributed by atoms with Gasteiger partial charge in [0.1, 0.15) is 0 Å². The molecule has 1 spiro atoms. The number of amides is 1. The van der Waals surface area contributed by atoms with Gasteiger partial charge in [-0.25, -0.2) is 0 Å². The number of pyridine rings is 1. The lowest BCUT2D eigenvalue weighted by molar-refractivity contribution is -0.0792. The molecule has 30 heavy (non-hydrogen) atoms. The van der Waals surface area contributed by atoms with E-state index < -0.39 is 0 Å². The molecule has 0 saturated carbocycles. The van der Waals surface area contributed by atoms with Crippen LogP contribution in [0.2, 0.25) is 0 Å². The zero-order valence-corrected chi connectivity index (χ0v) is 19.4. The van der Waals surface area contributed by atoms with Gasteiger partial charge >= 0.3 is 0 Å². The molecule has 2 aromatic rings. The average molecular weight is 470 g/mol. The van der Waals surface area contributed by atoms with Gasteiger partial charge in [-0.15, -0.1) is 36.2 Å². The summed E-state index contributed by atoms with van der Waals surface area (Å²) in [5, 5.41) is 3.43. The third-order valence-corrected chi connectivity index (χ3v) is 7.63. The van der Waals surface area contributed by atoms with Gasteiger partial charge in [0.25, 0.3) is 5.91 Å².